The van der Waals surface area contributed by atoms with Crippen LogP contribution in [0.2, 0.25) is 0 Å². The lowest BCUT2D eigenvalue weighted by Gasteiger charge is -2.06. The molecule has 0 spiro atoms. The number of hydrogen-bond donors (Lipinski definition) is 2. The second-order valence-corrected chi connectivity index (χ2v) is 5.24. The highest BCUT2D eigenvalue weighted by molar-refractivity contribution is 5.69. The lowest BCUT2D eigenvalue weighted by molar-refractivity contribution is 0.310. The number of furan rings is 1. The van der Waals surface area contributed by atoms with Gasteiger partial charge in [-0.3, -0.25) is 4.57 Å². The molecule has 0 amide bonds. The van der Waals surface area contributed by atoms with Gasteiger partial charge in [0.05, 0.1) is 5.69 Å². The molecule has 0 aliphatic carbocycles. The number of rotatable bonds is 5. The topological polar surface area (TPSA) is 95.0 Å². The molecule has 120 valence electrons. The summed E-state index contributed by atoms with van der Waals surface area (Å²) in [6.07, 6.45) is 1.86. The molecule has 0 bridgehead atoms. The highest BCUT2D eigenvalue weighted by Gasteiger charge is 2.17. The molecule has 3 N–H and O–H groups in total. The van der Waals surface area contributed by atoms with Crippen LogP contribution < -0.4 is 11.1 Å². The highest BCUT2D eigenvalue weighted by Crippen LogP contribution is 2.28. The largest absolute Gasteiger partial charge is 0.425 e. The Morgan fingerprint density at radius 2 is 1.88 bits per heavy atom. The normalized spacial score (nSPS) is 10.8. The Labute approximate surface area is 137 Å². The maximum Gasteiger partial charge on any atom is 0.206 e. The first-order valence-corrected chi connectivity index (χ1v) is 7.45. The van der Waals surface area contributed by atoms with Crippen molar-refractivity contribution in [2.45, 2.75) is 6.54 Å². The molecule has 0 aliphatic heterocycles. The Balaban J connectivity index is 1.62. The number of hydrogen-bond acceptors (Lipinski definition) is 6. The molecule has 4 aromatic rings. The molecule has 0 fully saturated rings. The van der Waals surface area contributed by atoms with E-state index in [1.54, 1.807) is 12.1 Å². The van der Waals surface area contributed by atoms with Gasteiger partial charge in [-0.2, -0.15) is 0 Å². The fourth-order valence-electron chi connectivity index (χ4n) is 2.49. The van der Waals surface area contributed by atoms with E-state index >= 15 is 0 Å². The summed E-state index contributed by atoms with van der Waals surface area (Å²) in [5, 5.41) is 11.2. The van der Waals surface area contributed by atoms with Gasteiger partial charge in [-0.15, -0.1) is 0 Å². The summed E-state index contributed by atoms with van der Waals surface area (Å²) in [4.78, 5) is 0. The predicted molar refractivity (Wildman–Crippen MR) is 89.5 cm³/mol. The van der Waals surface area contributed by atoms with Crippen molar-refractivity contribution in [3.05, 3.63) is 66.4 Å². The smallest absolute Gasteiger partial charge is 0.206 e. The van der Waals surface area contributed by atoms with Gasteiger partial charge in [-0.1, -0.05) is 30.3 Å². The van der Waals surface area contributed by atoms with E-state index in [0.29, 0.717) is 29.8 Å². The van der Waals surface area contributed by atoms with Crippen LogP contribution in [0.4, 0.5) is 11.7 Å². The first-order valence-electron chi connectivity index (χ1n) is 7.45. The standard InChI is InChI=1S/C17H15N5O2/c18-14-8-9-15(23-14)22-10-4-7-13(22)16-17(21-24-20-16)19-11-12-5-2-1-3-6-12/h1-10H,11,18H2,(H,19,21). The van der Waals surface area contributed by atoms with Crippen molar-refractivity contribution < 1.29 is 9.05 Å². The molecule has 0 saturated carbocycles. The molecule has 0 radical (unpaired) electrons. The first-order chi connectivity index (χ1) is 11.8. The molecule has 4 rings (SSSR count). The maximum atomic E-state index is 5.66. The summed E-state index contributed by atoms with van der Waals surface area (Å²) in [6, 6.07) is 17.3. The van der Waals surface area contributed by atoms with Crippen molar-refractivity contribution in [3.8, 4) is 17.3 Å². The summed E-state index contributed by atoms with van der Waals surface area (Å²) < 4.78 is 12.2. The molecule has 7 heteroatoms. The number of nitrogens with two attached hydrogens (primary N) is 1. The summed E-state index contributed by atoms with van der Waals surface area (Å²) in [5.74, 6) is 1.52. The van der Waals surface area contributed by atoms with E-state index in [9.17, 15) is 0 Å². The fourth-order valence-corrected chi connectivity index (χ4v) is 2.49. The van der Waals surface area contributed by atoms with Gasteiger partial charge in [-0.25, -0.2) is 4.63 Å². The van der Waals surface area contributed by atoms with Crippen molar-refractivity contribution in [2.24, 2.45) is 0 Å². The van der Waals surface area contributed by atoms with Crippen LogP contribution in [0.3, 0.4) is 0 Å². The molecular formula is C17H15N5O2. The maximum absolute atomic E-state index is 5.66. The van der Waals surface area contributed by atoms with E-state index in [1.807, 2.05) is 53.2 Å². The molecule has 0 atom stereocenters. The number of nitrogens with one attached hydrogen (secondary N) is 1. The van der Waals surface area contributed by atoms with Crippen molar-refractivity contribution in [3.63, 3.8) is 0 Å². The average molecular weight is 321 g/mol. The molecule has 7 nitrogen and oxygen atoms in total. The van der Waals surface area contributed by atoms with Crippen LogP contribution in [0.25, 0.3) is 17.3 Å². The number of aromatic nitrogens is 3. The zero-order valence-electron chi connectivity index (χ0n) is 12.7. The Kier molecular flexibility index (Phi) is 3.51. The van der Waals surface area contributed by atoms with E-state index in [-0.39, 0.29) is 0 Å². The summed E-state index contributed by atoms with van der Waals surface area (Å²) in [5.41, 5.74) is 8.19. The number of nitrogen functional groups attached to an aromatic ring is 1. The monoisotopic (exact) mass is 321 g/mol. The third-order valence-electron chi connectivity index (χ3n) is 3.63. The van der Waals surface area contributed by atoms with Crippen LogP contribution >= 0.6 is 0 Å². The van der Waals surface area contributed by atoms with Gasteiger partial charge in [0.2, 0.25) is 11.7 Å². The molecule has 0 saturated heterocycles. The predicted octanol–water partition coefficient (Wildman–Crippen LogP) is 3.31. The number of benzene rings is 1. The van der Waals surface area contributed by atoms with Crippen LogP contribution in [0.15, 0.2) is 69.8 Å². The summed E-state index contributed by atoms with van der Waals surface area (Å²) in [7, 11) is 0. The Morgan fingerprint density at radius 1 is 1.00 bits per heavy atom. The van der Waals surface area contributed by atoms with E-state index in [4.69, 9.17) is 14.8 Å². The lowest BCUT2D eigenvalue weighted by Crippen LogP contribution is -2.02. The molecule has 3 heterocycles. The summed E-state index contributed by atoms with van der Waals surface area (Å²) in [6.45, 7) is 0.621. The lowest BCUT2D eigenvalue weighted by atomic mass is 10.2. The van der Waals surface area contributed by atoms with Crippen molar-refractivity contribution in [2.75, 3.05) is 11.1 Å². The van der Waals surface area contributed by atoms with Crippen LogP contribution in [-0.2, 0) is 6.54 Å². The van der Waals surface area contributed by atoms with Crippen LogP contribution in [0.5, 0.6) is 0 Å². The highest BCUT2D eigenvalue weighted by atomic mass is 16.6. The Hall–Kier alpha value is -3.48. The fraction of sp³-hybridized carbons (Fsp3) is 0.0588. The quantitative estimate of drug-likeness (QED) is 0.585. The number of anilines is 2. The molecule has 0 aliphatic rings. The SMILES string of the molecule is Nc1ccc(-n2cccc2-c2nonc2NCc2ccccc2)o1. The van der Waals surface area contributed by atoms with Gasteiger partial charge in [0, 0.05) is 24.9 Å². The second kappa shape index (κ2) is 5.96. The van der Waals surface area contributed by atoms with Gasteiger partial charge >= 0.3 is 0 Å². The van der Waals surface area contributed by atoms with Crippen molar-refractivity contribution in [1.29, 1.82) is 0 Å². The van der Waals surface area contributed by atoms with E-state index in [1.165, 1.54) is 0 Å². The van der Waals surface area contributed by atoms with E-state index in [0.717, 1.165) is 11.3 Å². The average Bonchev–Trinajstić information content (AvgIpc) is 3.33. The van der Waals surface area contributed by atoms with Gasteiger partial charge in [0.1, 0.15) is 0 Å². The van der Waals surface area contributed by atoms with Crippen LogP contribution in [0.1, 0.15) is 5.56 Å². The minimum absolute atomic E-state index is 0.352. The van der Waals surface area contributed by atoms with Crippen molar-refractivity contribution >= 4 is 11.7 Å². The minimum atomic E-state index is 0.352. The van der Waals surface area contributed by atoms with Gasteiger partial charge in [0.15, 0.2) is 11.6 Å². The second-order valence-electron chi connectivity index (χ2n) is 5.24. The molecule has 24 heavy (non-hydrogen) atoms. The zero-order valence-corrected chi connectivity index (χ0v) is 12.7. The Morgan fingerprint density at radius 3 is 2.67 bits per heavy atom. The molecule has 0 unspecified atom stereocenters. The Bertz CT molecular complexity index is 939. The van der Waals surface area contributed by atoms with Crippen LogP contribution in [0, 0.1) is 0 Å². The van der Waals surface area contributed by atoms with E-state index < -0.39 is 0 Å². The van der Waals surface area contributed by atoms with Gasteiger partial charge in [0.25, 0.3) is 0 Å². The molecule has 3 aromatic heterocycles. The molecular weight excluding hydrogens is 306 g/mol. The minimum Gasteiger partial charge on any atom is -0.425 e. The molecule has 1 aromatic carbocycles. The van der Waals surface area contributed by atoms with Crippen LogP contribution in [-0.4, -0.2) is 14.9 Å². The van der Waals surface area contributed by atoms with E-state index in [2.05, 4.69) is 15.6 Å². The summed E-state index contributed by atoms with van der Waals surface area (Å²) >= 11 is 0. The first kappa shape index (κ1) is 14.1. The third-order valence-corrected chi connectivity index (χ3v) is 3.63. The third kappa shape index (κ3) is 2.63. The van der Waals surface area contributed by atoms with Gasteiger partial charge in [-0.05, 0) is 28.0 Å². The zero-order chi connectivity index (χ0) is 16.4. The van der Waals surface area contributed by atoms with Crippen molar-refractivity contribution in [1.82, 2.24) is 14.9 Å². The van der Waals surface area contributed by atoms with Gasteiger partial charge < -0.3 is 15.5 Å². The number of nitrogens with zero attached hydrogens (tertiary/aromatic N) is 3.